The van der Waals surface area contributed by atoms with Gasteiger partial charge in [-0.2, -0.15) is 4.98 Å². The highest BCUT2D eigenvalue weighted by Gasteiger charge is 2.04. The molecule has 0 amide bonds. The second-order valence-electron chi connectivity index (χ2n) is 6.34. The van der Waals surface area contributed by atoms with E-state index in [4.69, 9.17) is 0 Å². The fourth-order valence-electron chi connectivity index (χ4n) is 2.62. The fraction of sp³-hybridized carbons (Fsp3) is 0.238. The van der Waals surface area contributed by atoms with E-state index in [1.165, 1.54) is 22.3 Å². The minimum absolute atomic E-state index is 0.648. The Kier molecular flexibility index (Phi) is 5.29. The first-order valence-corrected chi connectivity index (χ1v) is 8.53. The lowest BCUT2D eigenvalue weighted by Gasteiger charge is -2.11. The van der Waals surface area contributed by atoms with Gasteiger partial charge in [-0.05, 0) is 37.5 Å². The minimum atomic E-state index is 0.648. The second-order valence-corrected chi connectivity index (χ2v) is 6.34. The highest BCUT2D eigenvalue weighted by molar-refractivity contribution is 5.43. The van der Waals surface area contributed by atoms with Crippen molar-refractivity contribution in [2.24, 2.45) is 0 Å². The molecule has 4 nitrogen and oxygen atoms in total. The van der Waals surface area contributed by atoms with Gasteiger partial charge in [-0.1, -0.05) is 54.1 Å². The van der Waals surface area contributed by atoms with Crippen LogP contribution in [-0.2, 0) is 13.1 Å². The quantitative estimate of drug-likeness (QED) is 0.691. The van der Waals surface area contributed by atoms with Crippen molar-refractivity contribution in [1.82, 2.24) is 9.97 Å². The van der Waals surface area contributed by atoms with Crippen LogP contribution in [0.4, 0.5) is 11.8 Å². The van der Waals surface area contributed by atoms with Crippen LogP contribution in [0.25, 0.3) is 0 Å². The lowest BCUT2D eigenvalue weighted by molar-refractivity contribution is 1.01. The van der Waals surface area contributed by atoms with E-state index in [2.05, 4.69) is 83.0 Å². The summed E-state index contributed by atoms with van der Waals surface area (Å²) < 4.78 is 0. The van der Waals surface area contributed by atoms with Gasteiger partial charge in [0.2, 0.25) is 5.95 Å². The maximum atomic E-state index is 4.58. The first kappa shape index (κ1) is 17.0. The minimum Gasteiger partial charge on any atom is -0.366 e. The molecule has 0 aliphatic carbocycles. The van der Waals surface area contributed by atoms with Crippen LogP contribution >= 0.6 is 0 Å². The van der Waals surface area contributed by atoms with E-state index >= 15 is 0 Å². The number of anilines is 2. The number of benzene rings is 2. The summed E-state index contributed by atoms with van der Waals surface area (Å²) in [5, 5.41) is 6.71. The summed E-state index contributed by atoms with van der Waals surface area (Å²) in [6.07, 6.45) is 0. The lowest BCUT2D eigenvalue weighted by Crippen LogP contribution is -2.08. The van der Waals surface area contributed by atoms with Crippen molar-refractivity contribution < 1.29 is 0 Å². The number of hydrogen-bond acceptors (Lipinski definition) is 4. The van der Waals surface area contributed by atoms with E-state index in [1.54, 1.807) is 0 Å². The maximum absolute atomic E-state index is 4.58. The molecule has 0 aliphatic heterocycles. The molecule has 0 saturated heterocycles. The molecule has 0 saturated carbocycles. The van der Waals surface area contributed by atoms with Crippen LogP contribution in [0.15, 0.2) is 54.6 Å². The van der Waals surface area contributed by atoms with Gasteiger partial charge in [0.15, 0.2) is 0 Å². The van der Waals surface area contributed by atoms with E-state index in [-0.39, 0.29) is 0 Å². The molecular weight excluding hydrogens is 308 g/mol. The number of hydrogen-bond donors (Lipinski definition) is 2. The Bertz CT molecular complexity index is 841. The Morgan fingerprint density at radius 1 is 0.800 bits per heavy atom. The van der Waals surface area contributed by atoms with Crippen LogP contribution in [0.5, 0.6) is 0 Å². The Balaban J connectivity index is 1.65. The molecule has 0 unspecified atom stereocenters. The molecule has 1 heterocycles. The Morgan fingerprint density at radius 3 is 2.32 bits per heavy atom. The van der Waals surface area contributed by atoms with Crippen molar-refractivity contribution >= 4 is 11.8 Å². The molecule has 0 fully saturated rings. The van der Waals surface area contributed by atoms with Crippen molar-refractivity contribution in [2.75, 3.05) is 10.6 Å². The molecule has 0 spiro atoms. The van der Waals surface area contributed by atoms with Crippen molar-refractivity contribution in [3.8, 4) is 0 Å². The van der Waals surface area contributed by atoms with Crippen LogP contribution in [0.3, 0.4) is 0 Å². The third-order valence-electron chi connectivity index (χ3n) is 4.15. The number of aryl methyl sites for hydroxylation is 3. The first-order chi connectivity index (χ1) is 12.1. The first-order valence-electron chi connectivity index (χ1n) is 8.53. The van der Waals surface area contributed by atoms with Gasteiger partial charge >= 0.3 is 0 Å². The van der Waals surface area contributed by atoms with Crippen LogP contribution < -0.4 is 10.6 Å². The molecule has 0 radical (unpaired) electrons. The third kappa shape index (κ3) is 4.80. The average molecular weight is 332 g/mol. The molecule has 1 aromatic heterocycles. The van der Waals surface area contributed by atoms with Gasteiger partial charge < -0.3 is 10.6 Å². The van der Waals surface area contributed by atoms with Crippen molar-refractivity contribution in [2.45, 2.75) is 33.9 Å². The van der Waals surface area contributed by atoms with Gasteiger partial charge in [-0.25, -0.2) is 4.98 Å². The van der Waals surface area contributed by atoms with Gasteiger partial charge in [-0.3, -0.25) is 0 Å². The number of aromatic nitrogens is 2. The summed E-state index contributed by atoms with van der Waals surface area (Å²) in [5.74, 6) is 1.48. The molecule has 2 aromatic carbocycles. The molecule has 25 heavy (non-hydrogen) atoms. The maximum Gasteiger partial charge on any atom is 0.225 e. The molecular formula is C21H24N4. The van der Waals surface area contributed by atoms with E-state index in [0.717, 1.165) is 18.1 Å². The largest absolute Gasteiger partial charge is 0.366 e. The number of nitrogens with one attached hydrogen (secondary N) is 2. The average Bonchev–Trinajstić information content (AvgIpc) is 2.60. The van der Waals surface area contributed by atoms with E-state index in [0.29, 0.717) is 12.5 Å². The Labute approximate surface area is 149 Å². The van der Waals surface area contributed by atoms with E-state index in [9.17, 15) is 0 Å². The van der Waals surface area contributed by atoms with Crippen LogP contribution in [0.1, 0.15) is 27.9 Å². The predicted octanol–water partition coefficient (Wildman–Crippen LogP) is 4.63. The van der Waals surface area contributed by atoms with Crippen molar-refractivity contribution in [1.29, 1.82) is 0 Å². The smallest absolute Gasteiger partial charge is 0.225 e. The lowest BCUT2D eigenvalue weighted by atomic mass is 10.1. The zero-order valence-corrected chi connectivity index (χ0v) is 15.0. The Hall–Kier alpha value is -2.88. The van der Waals surface area contributed by atoms with Gasteiger partial charge in [0, 0.05) is 24.8 Å². The monoisotopic (exact) mass is 332 g/mol. The molecule has 0 atom stereocenters. The van der Waals surface area contributed by atoms with Crippen molar-refractivity contribution in [3.05, 3.63) is 82.5 Å². The third-order valence-corrected chi connectivity index (χ3v) is 4.15. The number of rotatable bonds is 6. The summed E-state index contributed by atoms with van der Waals surface area (Å²) in [6.45, 7) is 7.65. The molecule has 3 rings (SSSR count). The standard InChI is InChI=1S/C21H24N4/c1-15-8-10-18(11-9-15)13-22-20-12-17(3)24-21(25-20)23-14-19-7-5-4-6-16(19)2/h4-12H,13-14H2,1-3H3,(H2,22,23,24,25). The van der Waals surface area contributed by atoms with Crippen LogP contribution in [0, 0.1) is 20.8 Å². The normalized spacial score (nSPS) is 10.5. The van der Waals surface area contributed by atoms with Crippen molar-refractivity contribution in [3.63, 3.8) is 0 Å². The molecule has 0 aliphatic rings. The highest BCUT2D eigenvalue weighted by atomic mass is 15.1. The summed E-state index contributed by atoms with van der Waals surface area (Å²) >= 11 is 0. The SMILES string of the molecule is Cc1ccc(CNc2cc(C)nc(NCc3ccccc3C)n2)cc1. The summed E-state index contributed by atoms with van der Waals surface area (Å²) in [7, 11) is 0. The van der Waals surface area contributed by atoms with Gasteiger partial charge in [0.25, 0.3) is 0 Å². The fourth-order valence-corrected chi connectivity index (χ4v) is 2.62. The number of nitrogens with zero attached hydrogens (tertiary/aromatic N) is 2. The van der Waals surface area contributed by atoms with Gasteiger partial charge in [0.1, 0.15) is 5.82 Å². The molecule has 3 aromatic rings. The molecule has 0 bridgehead atoms. The molecule has 128 valence electrons. The Morgan fingerprint density at radius 2 is 1.56 bits per heavy atom. The predicted molar refractivity (Wildman–Crippen MR) is 104 cm³/mol. The molecule has 4 heteroatoms. The topological polar surface area (TPSA) is 49.8 Å². The van der Waals surface area contributed by atoms with Crippen LogP contribution in [0.2, 0.25) is 0 Å². The summed E-state index contributed by atoms with van der Waals surface area (Å²) in [4.78, 5) is 9.06. The van der Waals surface area contributed by atoms with Crippen LogP contribution in [-0.4, -0.2) is 9.97 Å². The van der Waals surface area contributed by atoms with E-state index < -0.39 is 0 Å². The zero-order chi connectivity index (χ0) is 17.6. The highest BCUT2D eigenvalue weighted by Crippen LogP contribution is 2.14. The van der Waals surface area contributed by atoms with E-state index in [1.807, 2.05) is 13.0 Å². The second kappa shape index (κ2) is 7.79. The summed E-state index contributed by atoms with van der Waals surface area (Å²) in [6, 6.07) is 18.8. The van der Waals surface area contributed by atoms with Gasteiger partial charge in [-0.15, -0.1) is 0 Å². The molecule has 2 N–H and O–H groups in total. The summed E-state index contributed by atoms with van der Waals surface area (Å²) in [5.41, 5.74) is 5.96. The van der Waals surface area contributed by atoms with Gasteiger partial charge in [0.05, 0.1) is 0 Å². The zero-order valence-electron chi connectivity index (χ0n) is 15.0.